The molecular weight excluding hydrogens is 298 g/mol. The lowest BCUT2D eigenvalue weighted by molar-refractivity contribution is 0.0643. The van der Waals surface area contributed by atoms with Gasteiger partial charge in [-0.25, -0.2) is 0 Å². The van der Waals surface area contributed by atoms with Crippen molar-refractivity contribution >= 4 is 21.8 Å². The molecule has 1 N–H and O–H groups in total. The summed E-state index contributed by atoms with van der Waals surface area (Å²) >= 11 is 3.41. The summed E-state index contributed by atoms with van der Waals surface area (Å²) in [7, 11) is 0. The van der Waals surface area contributed by atoms with E-state index in [0.717, 1.165) is 25.0 Å². The second-order valence-corrected chi connectivity index (χ2v) is 5.04. The van der Waals surface area contributed by atoms with E-state index in [4.69, 9.17) is 0 Å². The summed E-state index contributed by atoms with van der Waals surface area (Å²) in [6.07, 6.45) is 3.02. The fourth-order valence-corrected chi connectivity index (χ4v) is 2.55. The number of carbonyl (C=O) groups excluding carboxylic acids is 1. The lowest BCUT2D eigenvalue weighted by atomic mass is 10.2. The summed E-state index contributed by atoms with van der Waals surface area (Å²) in [4.78, 5) is 30.6. The van der Waals surface area contributed by atoms with Gasteiger partial charge >= 0.3 is 0 Å². The van der Waals surface area contributed by atoms with Crippen LogP contribution < -0.4 is 5.43 Å². The van der Waals surface area contributed by atoms with Gasteiger partial charge in [-0.1, -0.05) is 15.9 Å². The van der Waals surface area contributed by atoms with Crippen molar-refractivity contribution in [2.75, 3.05) is 38.1 Å². The highest BCUT2D eigenvalue weighted by molar-refractivity contribution is 9.09. The van der Waals surface area contributed by atoms with Crippen LogP contribution in [0.5, 0.6) is 0 Å². The molecule has 0 atom stereocenters. The lowest BCUT2D eigenvalue weighted by Gasteiger charge is -2.34. The van der Waals surface area contributed by atoms with Gasteiger partial charge in [-0.2, -0.15) is 0 Å². The van der Waals surface area contributed by atoms with Gasteiger partial charge in [0, 0.05) is 56.5 Å². The van der Waals surface area contributed by atoms with Crippen molar-refractivity contribution in [2.24, 2.45) is 0 Å². The minimum Gasteiger partial charge on any atom is -0.367 e. The van der Waals surface area contributed by atoms with Crippen LogP contribution in [0.3, 0.4) is 0 Å². The van der Waals surface area contributed by atoms with Gasteiger partial charge < -0.3 is 9.88 Å². The van der Waals surface area contributed by atoms with E-state index < -0.39 is 0 Å². The van der Waals surface area contributed by atoms with Gasteiger partial charge in [0.2, 0.25) is 0 Å². The van der Waals surface area contributed by atoms with E-state index in [9.17, 15) is 9.59 Å². The second kappa shape index (κ2) is 6.15. The topological polar surface area (TPSA) is 56.4 Å². The highest BCUT2D eigenvalue weighted by atomic mass is 79.9. The van der Waals surface area contributed by atoms with Gasteiger partial charge in [0.1, 0.15) is 5.56 Å². The van der Waals surface area contributed by atoms with E-state index in [1.54, 1.807) is 4.90 Å². The predicted molar refractivity (Wildman–Crippen MR) is 73.2 cm³/mol. The molecule has 6 heteroatoms. The number of carbonyl (C=O) groups is 1. The molecule has 1 aliphatic heterocycles. The number of halogens is 1. The van der Waals surface area contributed by atoms with Gasteiger partial charge in [-0.05, 0) is 0 Å². The van der Waals surface area contributed by atoms with Crippen LogP contribution in [0.4, 0.5) is 0 Å². The number of aromatic amines is 1. The molecule has 1 saturated heterocycles. The first-order chi connectivity index (χ1) is 8.72. The van der Waals surface area contributed by atoms with Crippen LogP contribution in [0.1, 0.15) is 10.4 Å². The maximum absolute atomic E-state index is 12.2. The summed E-state index contributed by atoms with van der Waals surface area (Å²) in [5.41, 5.74) is 0.00748. The highest BCUT2D eigenvalue weighted by Crippen LogP contribution is 2.05. The van der Waals surface area contributed by atoms with Crippen LogP contribution in [-0.4, -0.2) is 58.7 Å². The molecule has 5 nitrogen and oxygen atoms in total. The summed E-state index contributed by atoms with van der Waals surface area (Å²) in [5.74, 6) is -0.171. The molecule has 0 bridgehead atoms. The average Bonchev–Trinajstić information content (AvgIpc) is 2.40. The Kier molecular flexibility index (Phi) is 4.54. The van der Waals surface area contributed by atoms with Crippen LogP contribution in [0.25, 0.3) is 0 Å². The van der Waals surface area contributed by atoms with Gasteiger partial charge in [-0.3, -0.25) is 14.5 Å². The minimum absolute atomic E-state index is 0.171. The van der Waals surface area contributed by atoms with Crippen LogP contribution in [0, 0.1) is 0 Å². The molecule has 1 amide bonds. The van der Waals surface area contributed by atoms with Crippen LogP contribution in [0.15, 0.2) is 23.3 Å². The Morgan fingerprint density at radius 1 is 1.33 bits per heavy atom. The third-order valence-electron chi connectivity index (χ3n) is 3.11. The number of amides is 1. The maximum Gasteiger partial charge on any atom is 0.259 e. The summed E-state index contributed by atoms with van der Waals surface area (Å²) in [6.45, 7) is 4.08. The van der Waals surface area contributed by atoms with Crippen molar-refractivity contribution < 1.29 is 4.79 Å². The average molecular weight is 314 g/mol. The van der Waals surface area contributed by atoms with Crippen molar-refractivity contribution in [3.63, 3.8) is 0 Å². The zero-order valence-electron chi connectivity index (χ0n) is 10.1. The number of nitrogens with zero attached hydrogens (tertiary/aromatic N) is 2. The molecule has 0 aliphatic carbocycles. The molecule has 0 unspecified atom stereocenters. The number of alkyl halides is 1. The van der Waals surface area contributed by atoms with Gasteiger partial charge in [0.25, 0.3) is 5.91 Å². The van der Waals surface area contributed by atoms with Gasteiger partial charge in [0.05, 0.1) is 0 Å². The first-order valence-corrected chi connectivity index (χ1v) is 7.09. The smallest absolute Gasteiger partial charge is 0.259 e. The highest BCUT2D eigenvalue weighted by Gasteiger charge is 2.22. The minimum atomic E-state index is -0.221. The predicted octanol–water partition coefficient (Wildman–Crippen LogP) is 0.528. The van der Waals surface area contributed by atoms with E-state index in [2.05, 4.69) is 25.8 Å². The fraction of sp³-hybridized carbons (Fsp3) is 0.500. The van der Waals surface area contributed by atoms with Crippen LogP contribution in [-0.2, 0) is 0 Å². The van der Waals surface area contributed by atoms with Gasteiger partial charge in [0.15, 0.2) is 5.43 Å². The normalized spacial score (nSPS) is 16.8. The Morgan fingerprint density at radius 3 is 2.67 bits per heavy atom. The summed E-state index contributed by atoms with van der Waals surface area (Å²) in [5, 5.41) is 0.944. The first kappa shape index (κ1) is 13.3. The van der Waals surface area contributed by atoms with E-state index in [1.807, 2.05) is 0 Å². The molecule has 1 aliphatic rings. The summed E-state index contributed by atoms with van der Waals surface area (Å²) in [6, 6.07) is 1.38. The number of aromatic nitrogens is 1. The number of H-pyrrole nitrogens is 1. The zero-order chi connectivity index (χ0) is 13.0. The number of pyridine rings is 1. The van der Waals surface area contributed by atoms with E-state index in [0.29, 0.717) is 13.1 Å². The Bertz CT molecular complexity index is 466. The number of rotatable bonds is 3. The van der Waals surface area contributed by atoms with E-state index >= 15 is 0 Å². The molecule has 98 valence electrons. The molecule has 0 aromatic carbocycles. The number of hydrogen-bond donors (Lipinski definition) is 1. The van der Waals surface area contributed by atoms with Crippen LogP contribution in [0.2, 0.25) is 0 Å². The number of piperazine rings is 1. The van der Waals surface area contributed by atoms with Crippen molar-refractivity contribution in [3.05, 3.63) is 34.2 Å². The standard InChI is InChI=1S/C12H16BrN3O2/c13-2-4-15-5-7-16(8-6-15)12(18)10-9-14-3-1-11(10)17/h1,3,9H,2,4-8H2,(H,14,17). The third-order valence-corrected chi connectivity index (χ3v) is 3.47. The van der Waals surface area contributed by atoms with Gasteiger partial charge in [-0.15, -0.1) is 0 Å². The Labute approximate surface area is 114 Å². The van der Waals surface area contributed by atoms with E-state index in [1.165, 1.54) is 18.5 Å². The summed E-state index contributed by atoms with van der Waals surface area (Å²) < 4.78 is 0. The molecule has 1 aromatic rings. The largest absolute Gasteiger partial charge is 0.367 e. The molecule has 2 heterocycles. The fourth-order valence-electron chi connectivity index (χ4n) is 2.05. The van der Waals surface area contributed by atoms with Crippen molar-refractivity contribution in [3.8, 4) is 0 Å². The maximum atomic E-state index is 12.2. The molecule has 1 fully saturated rings. The zero-order valence-corrected chi connectivity index (χ0v) is 11.6. The monoisotopic (exact) mass is 313 g/mol. The lowest BCUT2D eigenvalue weighted by Crippen LogP contribution is -2.49. The molecule has 2 rings (SSSR count). The number of nitrogens with one attached hydrogen (secondary N) is 1. The molecule has 0 radical (unpaired) electrons. The Hall–Kier alpha value is -1.14. The Morgan fingerprint density at radius 2 is 2.06 bits per heavy atom. The Balaban J connectivity index is 2.00. The number of hydrogen-bond acceptors (Lipinski definition) is 3. The molecule has 0 saturated carbocycles. The molecule has 1 aromatic heterocycles. The van der Waals surface area contributed by atoms with Crippen molar-refractivity contribution in [1.29, 1.82) is 0 Å². The second-order valence-electron chi connectivity index (χ2n) is 4.25. The first-order valence-electron chi connectivity index (χ1n) is 5.97. The van der Waals surface area contributed by atoms with Crippen molar-refractivity contribution in [1.82, 2.24) is 14.8 Å². The van der Waals surface area contributed by atoms with Crippen molar-refractivity contribution in [2.45, 2.75) is 0 Å². The van der Waals surface area contributed by atoms with Crippen LogP contribution >= 0.6 is 15.9 Å². The molecule has 0 spiro atoms. The molecular formula is C12H16BrN3O2. The quantitative estimate of drug-likeness (QED) is 0.828. The third kappa shape index (κ3) is 3.00. The SMILES string of the molecule is O=C(c1c[nH]ccc1=O)N1CCN(CCBr)CC1. The molecule has 18 heavy (non-hydrogen) atoms. The van der Waals surface area contributed by atoms with E-state index in [-0.39, 0.29) is 16.9 Å².